The van der Waals surface area contributed by atoms with Gasteiger partial charge in [-0.15, -0.1) is 0 Å². The number of ether oxygens (including phenoxy) is 2. The number of methoxy groups -OCH3 is 2. The molecule has 0 aromatic rings. The third kappa shape index (κ3) is 2.46. The van der Waals surface area contributed by atoms with Gasteiger partial charge in [0.15, 0.2) is 5.79 Å². The molecular weight excluding hydrogens is 140 g/mol. The van der Waals surface area contributed by atoms with Gasteiger partial charge in [0, 0.05) is 20.1 Å². The second-order valence-electron chi connectivity index (χ2n) is 3.46. The van der Waals surface area contributed by atoms with Crippen LogP contribution in [0, 0.1) is 11.8 Å². The molecule has 0 aromatic carbocycles. The van der Waals surface area contributed by atoms with E-state index >= 15 is 0 Å². The van der Waals surface area contributed by atoms with Crippen LogP contribution in [0.5, 0.6) is 0 Å². The summed E-state index contributed by atoms with van der Waals surface area (Å²) in [5, 5.41) is 0. The maximum absolute atomic E-state index is 5.29. The molecule has 1 atom stereocenters. The molecule has 1 unspecified atom stereocenters. The van der Waals surface area contributed by atoms with Crippen molar-refractivity contribution in [1.82, 2.24) is 0 Å². The van der Waals surface area contributed by atoms with Gasteiger partial charge in [-0.25, -0.2) is 0 Å². The first-order valence-corrected chi connectivity index (χ1v) is 4.08. The maximum Gasteiger partial charge on any atom is 0.167 e. The first-order chi connectivity index (χ1) is 4.98. The van der Waals surface area contributed by atoms with E-state index in [4.69, 9.17) is 9.47 Å². The molecule has 0 radical (unpaired) electrons. The highest BCUT2D eigenvalue weighted by Crippen LogP contribution is 2.27. The van der Waals surface area contributed by atoms with Crippen molar-refractivity contribution in [2.24, 2.45) is 11.8 Å². The lowest BCUT2D eigenvalue weighted by Gasteiger charge is -2.35. The fraction of sp³-hybridized carbons (Fsp3) is 1.00. The molecule has 0 rings (SSSR count). The Labute approximate surface area is 69.9 Å². The lowest BCUT2D eigenvalue weighted by atomic mass is 9.90. The Bertz CT molecular complexity index is 106. The summed E-state index contributed by atoms with van der Waals surface area (Å²) >= 11 is 0. The van der Waals surface area contributed by atoms with Crippen molar-refractivity contribution < 1.29 is 9.47 Å². The summed E-state index contributed by atoms with van der Waals surface area (Å²) in [6.45, 7) is 8.44. The second-order valence-corrected chi connectivity index (χ2v) is 3.46. The van der Waals surface area contributed by atoms with Crippen LogP contribution < -0.4 is 0 Å². The Morgan fingerprint density at radius 3 is 1.45 bits per heavy atom. The smallest absolute Gasteiger partial charge is 0.167 e. The first kappa shape index (κ1) is 10.9. The molecule has 2 heteroatoms. The molecule has 0 saturated heterocycles. The van der Waals surface area contributed by atoms with Crippen LogP contribution in [0.1, 0.15) is 27.7 Å². The molecule has 0 amide bonds. The number of hydrogen-bond acceptors (Lipinski definition) is 2. The lowest BCUT2D eigenvalue weighted by Crippen LogP contribution is -2.39. The first-order valence-electron chi connectivity index (χ1n) is 4.08. The molecule has 11 heavy (non-hydrogen) atoms. The van der Waals surface area contributed by atoms with Gasteiger partial charge in [0.1, 0.15) is 0 Å². The van der Waals surface area contributed by atoms with Gasteiger partial charge in [-0.1, -0.05) is 20.8 Å². The van der Waals surface area contributed by atoms with E-state index in [1.165, 1.54) is 0 Å². The molecule has 0 aliphatic heterocycles. The summed E-state index contributed by atoms with van der Waals surface area (Å²) in [5.74, 6) is 0.533. The standard InChI is InChI=1S/C9H20O2/c1-7(2)8(3)9(4,10-5)11-6/h7-8H,1-6H3. The van der Waals surface area contributed by atoms with Crippen molar-refractivity contribution in [3.63, 3.8) is 0 Å². The summed E-state index contributed by atoms with van der Waals surface area (Å²) in [6, 6.07) is 0. The minimum atomic E-state index is -0.436. The van der Waals surface area contributed by atoms with Crippen LogP contribution in [-0.4, -0.2) is 20.0 Å². The van der Waals surface area contributed by atoms with E-state index in [0.717, 1.165) is 0 Å². The lowest BCUT2D eigenvalue weighted by molar-refractivity contribution is -0.231. The highest BCUT2D eigenvalue weighted by atomic mass is 16.7. The summed E-state index contributed by atoms with van der Waals surface area (Å²) < 4.78 is 10.6. The van der Waals surface area contributed by atoms with Crippen LogP contribution in [0.3, 0.4) is 0 Å². The third-order valence-corrected chi connectivity index (χ3v) is 2.64. The van der Waals surface area contributed by atoms with Gasteiger partial charge in [-0.05, 0) is 12.8 Å². The molecule has 0 N–H and O–H groups in total. The molecule has 2 nitrogen and oxygen atoms in total. The van der Waals surface area contributed by atoms with Gasteiger partial charge in [-0.2, -0.15) is 0 Å². The van der Waals surface area contributed by atoms with E-state index in [0.29, 0.717) is 11.8 Å². The fourth-order valence-corrected chi connectivity index (χ4v) is 1.06. The highest BCUT2D eigenvalue weighted by molar-refractivity contribution is 4.72. The quantitative estimate of drug-likeness (QED) is 0.587. The van der Waals surface area contributed by atoms with E-state index in [-0.39, 0.29) is 0 Å². The van der Waals surface area contributed by atoms with Crippen molar-refractivity contribution >= 4 is 0 Å². The average molecular weight is 160 g/mol. The fourth-order valence-electron chi connectivity index (χ4n) is 1.06. The summed E-state index contributed by atoms with van der Waals surface area (Å²) in [4.78, 5) is 0. The Kier molecular flexibility index (Phi) is 4.04. The van der Waals surface area contributed by atoms with Gasteiger partial charge in [-0.3, -0.25) is 0 Å². The topological polar surface area (TPSA) is 18.5 Å². The SMILES string of the molecule is COC(C)(OC)C(C)C(C)C. The molecule has 0 bridgehead atoms. The largest absolute Gasteiger partial charge is 0.353 e. The van der Waals surface area contributed by atoms with Crippen LogP contribution in [0.15, 0.2) is 0 Å². The Balaban J connectivity index is 4.24. The summed E-state index contributed by atoms with van der Waals surface area (Å²) in [7, 11) is 3.37. The minimum absolute atomic E-state index is 0.400. The van der Waals surface area contributed by atoms with Crippen LogP contribution >= 0.6 is 0 Å². The van der Waals surface area contributed by atoms with E-state index in [1.54, 1.807) is 14.2 Å². The van der Waals surface area contributed by atoms with Gasteiger partial charge in [0.05, 0.1) is 0 Å². The van der Waals surface area contributed by atoms with E-state index in [1.807, 2.05) is 6.92 Å². The van der Waals surface area contributed by atoms with Crippen molar-refractivity contribution in [1.29, 1.82) is 0 Å². The van der Waals surface area contributed by atoms with E-state index in [9.17, 15) is 0 Å². The molecule has 0 aliphatic carbocycles. The van der Waals surface area contributed by atoms with Gasteiger partial charge in [0.2, 0.25) is 0 Å². The van der Waals surface area contributed by atoms with Crippen LogP contribution in [0.4, 0.5) is 0 Å². The van der Waals surface area contributed by atoms with E-state index in [2.05, 4.69) is 20.8 Å². The number of hydrogen-bond donors (Lipinski definition) is 0. The predicted octanol–water partition coefficient (Wildman–Crippen LogP) is 2.29. The van der Waals surface area contributed by atoms with Gasteiger partial charge < -0.3 is 9.47 Å². The summed E-state index contributed by atoms with van der Waals surface area (Å²) in [6.07, 6.45) is 0. The monoisotopic (exact) mass is 160 g/mol. The zero-order chi connectivity index (χ0) is 9.07. The molecule has 0 aliphatic rings. The predicted molar refractivity (Wildman–Crippen MR) is 46.4 cm³/mol. The normalized spacial score (nSPS) is 15.5. The van der Waals surface area contributed by atoms with Crippen molar-refractivity contribution in [2.75, 3.05) is 14.2 Å². The number of rotatable bonds is 4. The Hall–Kier alpha value is -0.0800. The van der Waals surface area contributed by atoms with Crippen LogP contribution in [-0.2, 0) is 9.47 Å². The zero-order valence-corrected chi connectivity index (χ0v) is 8.47. The molecule has 0 spiro atoms. The zero-order valence-electron chi connectivity index (χ0n) is 8.47. The molecule has 0 aromatic heterocycles. The van der Waals surface area contributed by atoms with Crippen LogP contribution in [0.2, 0.25) is 0 Å². The van der Waals surface area contributed by atoms with E-state index < -0.39 is 5.79 Å². The minimum Gasteiger partial charge on any atom is -0.353 e. The van der Waals surface area contributed by atoms with Crippen molar-refractivity contribution in [3.05, 3.63) is 0 Å². The summed E-state index contributed by atoms with van der Waals surface area (Å²) in [5.41, 5.74) is 0. The van der Waals surface area contributed by atoms with Crippen molar-refractivity contribution in [3.8, 4) is 0 Å². The Morgan fingerprint density at radius 2 is 1.36 bits per heavy atom. The molecule has 0 saturated carbocycles. The molecule has 0 heterocycles. The average Bonchev–Trinajstić information content (AvgIpc) is 2.01. The van der Waals surface area contributed by atoms with Crippen LogP contribution in [0.25, 0.3) is 0 Å². The maximum atomic E-state index is 5.29. The van der Waals surface area contributed by atoms with Gasteiger partial charge in [0.25, 0.3) is 0 Å². The van der Waals surface area contributed by atoms with Crippen molar-refractivity contribution in [2.45, 2.75) is 33.5 Å². The Morgan fingerprint density at radius 1 is 1.00 bits per heavy atom. The third-order valence-electron chi connectivity index (χ3n) is 2.64. The second kappa shape index (κ2) is 4.07. The molecule has 68 valence electrons. The van der Waals surface area contributed by atoms with Gasteiger partial charge >= 0.3 is 0 Å². The molecular formula is C9H20O2. The highest BCUT2D eigenvalue weighted by Gasteiger charge is 2.32. The molecule has 0 fully saturated rings.